The van der Waals surface area contributed by atoms with E-state index in [2.05, 4.69) is 4.98 Å². The quantitative estimate of drug-likeness (QED) is 0.859. The van der Waals surface area contributed by atoms with E-state index in [4.69, 9.17) is 16.7 Å². The first kappa shape index (κ1) is 12.3. The number of rotatable bonds is 3. The molecule has 2 rings (SSSR count). The first-order chi connectivity index (χ1) is 8.65. The van der Waals surface area contributed by atoms with Crippen molar-refractivity contribution in [3.63, 3.8) is 0 Å². The molecule has 1 N–H and O–H groups in total. The minimum absolute atomic E-state index is 0.602. The molecule has 0 fully saturated rings. The molecule has 4 heteroatoms. The number of carbonyl (C=O) groups is 1. The summed E-state index contributed by atoms with van der Waals surface area (Å²) < 4.78 is 0. The summed E-state index contributed by atoms with van der Waals surface area (Å²) in [7, 11) is 0. The molecule has 0 atom stereocenters. The number of hydrogen-bond donors (Lipinski definition) is 1. The second-order valence-corrected chi connectivity index (χ2v) is 4.06. The van der Waals surface area contributed by atoms with Crippen LogP contribution >= 0.6 is 11.6 Å². The van der Waals surface area contributed by atoms with E-state index in [0.29, 0.717) is 10.7 Å². The van der Waals surface area contributed by atoms with Crippen LogP contribution in [0.2, 0.25) is 5.02 Å². The van der Waals surface area contributed by atoms with Crippen molar-refractivity contribution in [1.29, 1.82) is 0 Å². The van der Waals surface area contributed by atoms with Gasteiger partial charge in [0.25, 0.3) is 0 Å². The zero-order chi connectivity index (χ0) is 13.0. The lowest BCUT2D eigenvalue weighted by atomic mass is 10.1. The molecule has 18 heavy (non-hydrogen) atoms. The Morgan fingerprint density at radius 3 is 2.56 bits per heavy atom. The van der Waals surface area contributed by atoms with Crippen LogP contribution in [0.1, 0.15) is 5.69 Å². The summed E-state index contributed by atoms with van der Waals surface area (Å²) in [6, 6.07) is 12.8. The maximum atomic E-state index is 10.4. The van der Waals surface area contributed by atoms with Crippen molar-refractivity contribution in [2.45, 2.75) is 0 Å². The van der Waals surface area contributed by atoms with E-state index in [1.54, 1.807) is 18.2 Å². The van der Waals surface area contributed by atoms with Gasteiger partial charge in [-0.3, -0.25) is 0 Å². The highest BCUT2D eigenvalue weighted by atomic mass is 35.5. The number of hydrogen-bond acceptors (Lipinski definition) is 2. The third-order valence-electron chi connectivity index (χ3n) is 2.31. The lowest BCUT2D eigenvalue weighted by Crippen LogP contribution is -1.89. The van der Waals surface area contributed by atoms with Gasteiger partial charge in [-0.15, -0.1) is 0 Å². The van der Waals surface area contributed by atoms with Gasteiger partial charge in [0.05, 0.1) is 11.4 Å². The Morgan fingerprint density at radius 2 is 1.89 bits per heavy atom. The molecule has 0 saturated heterocycles. The lowest BCUT2D eigenvalue weighted by molar-refractivity contribution is -0.131. The number of halogens is 1. The first-order valence-electron chi connectivity index (χ1n) is 5.29. The number of nitrogens with zero attached hydrogens (tertiary/aromatic N) is 1. The summed E-state index contributed by atoms with van der Waals surface area (Å²) in [6.45, 7) is 0. The molecule has 1 heterocycles. The minimum Gasteiger partial charge on any atom is -0.478 e. The Balaban J connectivity index is 2.32. The van der Waals surface area contributed by atoms with E-state index in [1.807, 2.05) is 24.3 Å². The molecule has 0 radical (unpaired) electrons. The molecular formula is C14H10ClNO2. The topological polar surface area (TPSA) is 50.2 Å². The standard InChI is InChI=1S/C14H10ClNO2/c15-11-6-4-10(5-7-11)13-3-1-2-12(16-13)8-9-14(17)18/h1-9H,(H,17,18)/b9-8+. The first-order valence-corrected chi connectivity index (χ1v) is 5.67. The number of pyridine rings is 1. The van der Waals surface area contributed by atoms with E-state index in [-0.39, 0.29) is 0 Å². The fraction of sp³-hybridized carbons (Fsp3) is 0. The molecule has 2 aromatic rings. The number of aromatic nitrogens is 1. The van der Waals surface area contributed by atoms with Gasteiger partial charge in [-0.25, -0.2) is 9.78 Å². The van der Waals surface area contributed by atoms with E-state index in [1.165, 1.54) is 6.08 Å². The molecule has 0 aliphatic rings. The van der Waals surface area contributed by atoms with Crippen LogP contribution in [0, 0.1) is 0 Å². The predicted molar refractivity (Wildman–Crippen MR) is 71.4 cm³/mol. The van der Waals surface area contributed by atoms with Crippen molar-refractivity contribution in [2.24, 2.45) is 0 Å². The molecule has 1 aromatic carbocycles. The van der Waals surface area contributed by atoms with Gasteiger partial charge in [-0.2, -0.15) is 0 Å². The van der Waals surface area contributed by atoms with E-state index in [9.17, 15) is 4.79 Å². The van der Waals surface area contributed by atoms with E-state index in [0.717, 1.165) is 17.3 Å². The van der Waals surface area contributed by atoms with Crippen LogP contribution in [0.25, 0.3) is 17.3 Å². The van der Waals surface area contributed by atoms with E-state index < -0.39 is 5.97 Å². The molecule has 1 aromatic heterocycles. The molecule has 0 amide bonds. The smallest absolute Gasteiger partial charge is 0.328 e. The van der Waals surface area contributed by atoms with Gasteiger partial charge in [-0.1, -0.05) is 29.8 Å². The van der Waals surface area contributed by atoms with Crippen molar-refractivity contribution in [3.8, 4) is 11.3 Å². The van der Waals surface area contributed by atoms with Crippen molar-refractivity contribution >= 4 is 23.6 Å². The molecule has 3 nitrogen and oxygen atoms in total. The van der Waals surface area contributed by atoms with Crippen LogP contribution < -0.4 is 0 Å². The highest BCUT2D eigenvalue weighted by molar-refractivity contribution is 6.30. The summed E-state index contributed by atoms with van der Waals surface area (Å²) in [4.78, 5) is 14.8. The number of aliphatic carboxylic acids is 1. The molecule has 0 aliphatic heterocycles. The summed E-state index contributed by atoms with van der Waals surface area (Å²) >= 11 is 5.82. The number of carboxylic acid groups (broad SMARTS) is 1. The lowest BCUT2D eigenvalue weighted by Gasteiger charge is -2.02. The van der Waals surface area contributed by atoms with Crippen LogP contribution in [0.5, 0.6) is 0 Å². The molecule has 0 unspecified atom stereocenters. The van der Waals surface area contributed by atoms with Crippen LogP contribution in [-0.2, 0) is 4.79 Å². The van der Waals surface area contributed by atoms with Crippen LogP contribution in [0.15, 0.2) is 48.5 Å². The summed E-state index contributed by atoms with van der Waals surface area (Å²) in [5.41, 5.74) is 2.31. The van der Waals surface area contributed by atoms with Gasteiger partial charge in [0, 0.05) is 16.7 Å². The highest BCUT2D eigenvalue weighted by Crippen LogP contribution is 2.20. The number of benzene rings is 1. The predicted octanol–water partition coefficient (Wildman–Crippen LogP) is 3.50. The zero-order valence-corrected chi connectivity index (χ0v) is 10.1. The fourth-order valence-corrected chi connectivity index (χ4v) is 1.61. The van der Waals surface area contributed by atoms with Gasteiger partial charge in [-0.05, 0) is 30.3 Å². The van der Waals surface area contributed by atoms with Crippen LogP contribution in [-0.4, -0.2) is 16.1 Å². The second-order valence-electron chi connectivity index (χ2n) is 3.63. The van der Waals surface area contributed by atoms with Crippen molar-refractivity contribution < 1.29 is 9.90 Å². The molecule has 90 valence electrons. The monoisotopic (exact) mass is 259 g/mol. The Labute approximate surface area is 109 Å². The minimum atomic E-state index is -0.992. The molecule has 0 aliphatic carbocycles. The zero-order valence-electron chi connectivity index (χ0n) is 9.38. The van der Waals surface area contributed by atoms with Crippen LogP contribution in [0.4, 0.5) is 0 Å². The summed E-state index contributed by atoms with van der Waals surface area (Å²) in [5, 5.41) is 9.23. The van der Waals surface area contributed by atoms with E-state index >= 15 is 0 Å². The summed E-state index contributed by atoms with van der Waals surface area (Å²) in [6.07, 6.45) is 2.52. The Kier molecular flexibility index (Phi) is 3.75. The van der Waals surface area contributed by atoms with Gasteiger partial charge in [0.2, 0.25) is 0 Å². The fourth-order valence-electron chi connectivity index (χ4n) is 1.48. The highest BCUT2D eigenvalue weighted by Gasteiger charge is 2.00. The maximum absolute atomic E-state index is 10.4. The average molecular weight is 260 g/mol. The van der Waals surface area contributed by atoms with Crippen molar-refractivity contribution in [3.05, 3.63) is 59.3 Å². The number of carboxylic acids is 1. The molecule has 0 spiro atoms. The Hall–Kier alpha value is -2.13. The third kappa shape index (κ3) is 3.18. The maximum Gasteiger partial charge on any atom is 0.328 e. The molecule has 0 saturated carbocycles. The van der Waals surface area contributed by atoms with Crippen molar-refractivity contribution in [2.75, 3.05) is 0 Å². The Bertz CT molecular complexity index is 591. The molecular weight excluding hydrogens is 250 g/mol. The largest absolute Gasteiger partial charge is 0.478 e. The van der Waals surface area contributed by atoms with Crippen molar-refractivity contribution in [1.82, 2.24) is 4.98 Å². The van der Waals surface area contributed by atoms with Crippen LogP contribution in [0.3, 0.4) is 0 Å². The van der Waals surface area contributed by atoms with Gasteiger partial charge < -0.3 is 5.11 Å². The molecule has 0 bridgehead atoms. The Morgan fingerprint density at radius 1 is 1.17 bits per heavy atom. The normalized spacial score (nSPS) is 10.7. The third-order valence-corrected chi connectivity index (χ3v) is 2.56. The second kappa shape index (κ2) is 5.47. The average Bonchev–Trinajstić information content (AvgIpc) is 2.37. The SMILES string of the molecule is O=C(O)/C=C/c1cccc(-c2ccc(Cl)cc2)n1. The summed E-state index contributed by atoms with van der Waals surface area (Å²) in [5.74, 6) is -0.992. The van der Waals surface area contributed by atoms with Gasteiger partial charge in [0.1, 0.15) is 0 Å². The van der Waals surface area contributed by atoms with Gasteiger partial charge >= 0.3 is 5.97 Å². The van der Waals surface area contributed by atoms with Gasteiger partial charge in [0.15, 0.2) is 0 Å².